The molecule has 0 unspecified atom stereocenters. The van der Waals surface area contributed by atoms with E-state index in [9.17, 15) is 18.4 Å². The van der Waals surface area contributed by atoms with Crippen LogP contribution in [0.15, 0.2) is 42.6 Å². The number of hydrogen-bond donors (Lipinski definition) is 0. The SMILES string of the molecule is N#C[C@@H]1C[C@@H]2CN(c3ccc(C(F)(F)F)cc3)c3cccnc3N2C1. The smallest absolute Gasteiger partial charge is 0.349 e. The van der Waals surface area contributed by atoms with Gasteiger partial charge in [0.15, 0.2) is 5.82 Å². The first kappa shape index (κ1) is 15.8. The van der Waals surface area contributed by atoms with Gasteiger partial charge in [-0.15, -0.1) is 0 Å². The fourth-order valence-electron chi connectivity index (χ4n) is 3.65. The quantitative estimate of drug-likeness (QED) is 0.785. The maximum absolute atomic E-state index is 12.8. The van der Waals surface area contributed by atoms with Gasteiger partial charge in [0.25, 0.3) is 0 Å². The summed E-state index contributed by atoms with van der Waals surface area (Å²) in [6.07, 6.45) is -1.91. The second kappa shape index (κ2) is 5.66. The number of aromatic nitrogens is 1. The Morgan fingerprint density at radius 3 is 2.56 bits per heavy atom. The Kier molecular flexibility index (Phi) is 3.57. The number of rotatable bonds is 1. The number of fused-ring (bicyclic) bond motifs is 3. The van der Waals surface area contributed by atoms with Crippen LogP contribution in [0.2, 0.25) is 0 Å². The van der Waals surface area contributed by atoms with Crippen molar-refractivity contribution in [3.8, 4) is 6.07 Å². The number of nitriles is 1. The molecule has 2 atom stereocenters. The predicted molar refractivity (Wildman–Crippen MR) is 87.5 cm³/mol. The van der Waals surface area contributed by atoms with E-state index in [1.807, 2.05) is 17.0 Å². The van der Waals surface area contributed by atoms with Crippen molar-refractivity contribution in [3.05, 3.63) is 48.2 Å². The molecule has 1 saturated heterocycles. The largest absolute Gasteiger partial charge is 0.416 e. The average Bonchev–Trinajstić information content (AvgIpc) is 3.04. The number of anilines is 3. The third-order valence-corrected chi connectivity index (χ3v) is 4.83. The molecule has 1 aromatic carbocycles. The van der Waals surface area contributed by atoms with Crippen molar-refractivity contribution in [2.75, 3.05) is 22.9 Å². The predicted octanol–water partition coefficient (Wildman–Crippen LogP) is 3.97. The summed E-state index contributed by atoms with van der Waals surface area (Å²) < 4.78 is 38.4. The van der Waals surface area contributed by atoms with E-state index < -0.39 is 11.7 Å². The van der Waals surface area contributed by atoms with Gasteiger partial charge in [-0.25, -0.2) is 4.98 Å². The van der Waals surface area contributed by atoms with Crippen molar-refractivity contribution in [2.24, 2.45) is 5.92 Å². The first-order valence-electron chi connectivity index (χ1n) is 8.03. The van der Waals surface area contributed by atoms with Crippen LogP contribution in [-0.2, 0) is 6.18 Å². The van der Waals surface area contributed by atoms with Crippen LogP contribution in [0.5, 0.6) is 0 Å². The average molecular weight is 344 g/mol. The van der Waals surface area contributed by atoms with Crippen molar-refractivity contribution in [1.29, 1.82) is 5.26 Å². The topological polar surface area (TPSA) is 43.2 Å². The standard InChI is InChI=1S/C18H15F3N4/c19-18(20,21)13-3-5-14(6-4-13)24-11-15-8-12(9-22)10-25(15)17-16(24)2-1-7-23-17/h1-7,12,15H,8,10-11H2/t12-,15+/m0/s1. The molecule has 4 rings (SSSR count). The van der Waals surface area contributed by atoms with Gasteiger partial charge in [0.1, 0.15) is 0 Å². The first-order valence-corrected chi connectivity index (χ1v) is 8.03. The fraction of sp³-hybridized carbons (Fsp3) is 0.333. The highest BCUT2D eigenvalue weighted by Crippen LogP contribution is 2.42. The lowest BCUT2D eigenvalue weighted by Gasteiger charge is -2.40. The molecular formula is C18H15F3N4. The molecule has 4 nitrogen and oxygen atoms in total. The summed E-state index contributed by atoms with van der Waals surface area (Å²) in [6.45, 7) is 1.27. The normalized spacial score (nSPS) is 22.3. The number of pyridine rings is 1. The summed E-state index contributed by atoms with van der Waals surface area (Å²) in [5.41, 5.74) is 0.895. The molecule has 0 bridgehead atoms. The van der Waals surface area contributed by atoms with Gasteiger partial charge >= 0.3 is 6.18 Å². The van der Waals surface area contributed by atoms with E-state index in [1.165, 1.54) is 12.1 Å². The minimum absolute atomic E-state index is 0.0487. The summed E-state index contributed by atoms with van der Waals surface area (Å²) in [7, 11) is 0. The van der Waals surface area contributed by atoms with Crippen LogP contribution in [0.25, 0.3) is 0 Å². The summed E-state index contributed by atoms with van der Waals surface area (Å²) in [5.74, 6) is 0.740. The van der Waals surface area contributed by atoms with Crippen LogP contribution in [0.1, 0.15) is 12.0 Å². The molecule has 3 heterocycles. The molecule has 0 radical (unpaired) electrons. The van der Waals surface area contributed by atoms with Gasteiger partial charge in [0, 0.05) is 31.0 Å². The maximum Gasteiger partial charge on any atom is 0.416 e. The number of benzene rings is 1. The van der Waals surface area contributed by atoms with Crippen molar-refractivity contribution in [3.63, 3.8) is 0 Å². The Balaban J connectivity index is 1.72. The molecule has 0 amide bonds. The Bertz CT molecular complexity index is 825. The van der Waals surface area contributed by atoms with E-state index in [4.69, 9.17) is 0 Å². The van der Waals surface area contributed by atoms with Crippen LogP contribution in [-0.4, -0.2) is 24.1 Å². The van der Waals surface area contributed by atoms with Gasteiger partial charge in [0.2, 0.25) is 0 Å². The third-order valence-electron chi connectivity index (χ3n) is 4.83. The Morgan fingerprint density at radius 2 is 1.88 bits per heavy atom. The number of halogens is 3. The van der Waals surface area contributed by atoms with E-state index in [0.29, 0.717) is 18.8 Å². The van der Waals surface area contributed by atoms with Gasteiger partial charge in [-0.1, -0.05) is 0 Å². The molecule has 1 aromatic heterocycles. The van der Waals surface area contributed by atoms with Crippen molar-refractivity contribution < 1.29 is 13.2 Å². The number of alkyl halides is 3. The van der Waals surface area contributed by atoms with Gasteiger partial charge < -0.3 is 9.80 Å². The Morgan fingerprint density at radius 1 is 1.12 bits per heavy atom. The lowest BCUT2D eigenvalue weighted by atomic mass is 10.0. The highest BCUT2D eigenvalue weighted by atomic mass is 19.4. The summed E-state index contributed by atoms with van der Waals surface area (Å²) in [4.78, 5) is 8.59. The van der Waals surface area contributed by atoms with Crippen molar-refractivity contribution in [2.45, 2.75) is 18.6 Å². The molecule has 25 heavy (non-hydrogen) atoms. The van der Waals surface area contributed by atoms with E-state index >= 15 is 0 Å². The van der Waals surface area contributed by atoms with Crippen LogP contribution in [0.4, 0.5) is 30.4 Å². The zero-order valence-electron chi connectivity index (χ0n) is 13.2. The van der Waals surface area contributed by atoms with E-state index in [-0.39, 0.29) is 12.0 Å². The van der Waals surface area contributed by atoms with Crippen LogP contribution in [0, 0.1) is 17.2 Å². The van der Waals surface area contributed by atoms with Crippen LogP contribution >= 0.6 is 0 Å². The second-order valence-electron chi connectivity index (χ2n) is 6.37. The third kappa shape index (κ3) is 2.68. The fourth-order valence-corrected chi connectivity index (χ4v) is 3.65. The van der Waals surface area contributed by atoms with Crippen molar-refractivity contribution >= 4 is 17.2 Å². The van der Waals surface area contributed by atoms with Crippen molar-refractivity contribution in [1.82, 2.24) is 4.98 Å². The highest BCUT2D eigenvalue weighted by Gasteiger charge is 2.40. The lowest BCUT2D eigenvalue weighted by Crippen LogP contribution is -2.44. The molecule has 0 aliphatic carbocycles. The molecule has 2 aromatic rings. The number of nitrogens with zero attached hydrogens (tertiary/aromatic N) is 4. The van der Waals surface area contributed by atoms with E-state index in [0.717, 1.165) is 30.1 Å². The zero-order chi connectivity index (χ0) is 17.6. The molecule has 2 aliphatic rings. The molecule has 128 valence electrons. The molecule has 0 saturated carbocycles. The van der Waals surface area contributed by atoms with Gasteiger partial charge in [-0.3, -0.25) is 0 Å². The van der Waals surface area contributed by atoms with Gasteiger partial charge in [0.05, 0.1) is 23.2 Å². The monoisotopic (exact) mass is 344 g/mol. The maximum atomic E-state index is 12.8. The lowest BCUT2D eigenvalue weighted by molar-refractivity contribution is -0.137. The zero-order valence-corrected chi connectivity index (χ0v) is 13.2. The van der Waals surface area contributed by atoms with Crippen LogP contribution < -0.4 is 9.80 Å². The summed E-state index contributed by atoms with van der Waals surface area (Å²) in [5, 5.41) is 9.23. The van der Waals surface area contributed by atoms with Gasteiger partial charge in [-0.05, 0) is 42.8 Å². The molecule has 1 fully saturated rings. The Hall–Kier alpha value is -2.75. The number of hydrogen-bond acceptors (Lipinski definition) is 4. The molecular weight excluding hydrogens is 329 g/mol. The second-order valence-corrected chi connectivity index (χ2v) is 6.37. The highest BCUT2D eigenvalue weighted by molar-refractivity contribution is 5.77. The molecule has 0 N–H and O–H groups in total. The minimum Gasteiger partial charge on any atom is -0.349 e. The molecule has 7 heteroatoms. The van der Waals surface area contributed by atoms with Gasteiger partial charge in [-0.2, -0.15) is 18.4 Å². The summed E-state index contributed by atoms with van der Waals surface area (Å²) >= 11 is 0. The molecule has 0 spiro atoms. The first-order chi connectivity index (χ1) is 12.0. The Labute approximate surface area is 143 Å². The minimum atomic E-state index is -4.35. The molecule has 2 aliphatic heterocycles. The van der Waals surface area contributed by atoms with E-state index in [2.05, 4.69) is 16.0 Å². The summed E-state index contributed by atoms with van der Waals surface area (Å²) in [6, 6.07) is 11.4. The van der Waals surface area contributed by atoms with E-state index in [1.54, 1.807) is 6.20 Å². The van der Waals surface area contributed by atoms with Crippen LogP contribution in [0.3, 0.4) is 0 Å².